The number of halogens is 1. The van der Waals surface area contributed by atoms with Crippen molar-refractivity contribution in [3.63, 3.8) is 0 Å². The number of nitrogens with one attached hydrogen (secondary N) is 1. The van der Waals surface area contributed by atoms with Crippen LogP contribution < -0.4 is 10.1 Å². The van der Waals surface area contributed by atoms with E-state index in [1.54, 1.807) is 30.1 Å². The van der Waals surface area contributed by atoms with E-state index in [0.717, 1.165) is 22.3 Å². The number of nitrogens with zero attached hydrogens (tertiary/aromatic N) is 4. The third-order valence-electron chi connectivity index (χ3n) is 5.38. The van der Waals surface area contributed by atoms with E-state index in [2.05, 4.69) is 15.3 Å². The summed E-state index contributed by atoms with van der Waals surface area (Å²) in [5, 5.41) is 13.0. The minimum absolute atomic E-state index is 0.0144. The first-order valence-corrected chi connectivity index (χ1v) is 10.4. The normalized spacial score (nSPS) is 13.0. The lowest BCUT2D eigenvalue weighted by atomic mass is 10.1. The van der Waals surface area contributed by atoms with Gasteiger partial charge in [-0.1, -0.05) is 17.7 Å². The van der Waals surface area contributed by atoms with Crippen LogP contribution in [0.1, 0.15) is 15.9 Å². The first-order valence-electron chi connectivity index (χ1n) is 10.1. The highest BCUT2D eigenvalue weighted by molar-refractivity contribution is 6.32. The number of amides is 1. The van der Waals surface area contributed by atoms with Gasteiger partial charge in [-0.25, -0.2) is 9.97 Å². The molecule has 2 aromatic heterocycles. The van der Waals surface area contributed by atoms with Gasteiger partial charge in [0.25, 0.3) is 5.91 Å². The molecule has 162 valence electrons. The number of benzene rings is 2. The van der Waals surface area contributed by atoms with Crippen LogP contribution in [0.25, 0.3) is 11.0 Å². The fraction of sp³-hybridized carbons (Fsp3) is 0.174. The Morgan fingerprint density at radius 2 is 2.06 bits per heavy atom. The molecule has 32 heavy (non-hydrogen) atoms. The molecule has 4 aromatic rings. The summed E-state index contributed by atoms with van der Waals surface area (Å²) in [7, 11) is 1.78. The number of anilines is 2. The van der Waals surface area contributed by atoms with Gasteiger partial charge in [0.1, 0.15) is 23.3 Å². The maximum absolute atomic E-state index is 12.2. The summed E-state index contributed by atoms with van der Waals surface area (Å²) in [5.41, 5.74) is 3.94. The minimum Gasteiger partial charge on any atom is -0.456 e. The Labute approximate surface area is 189 Å². The number of hydrogen-bond acceptors (Lipinski definition) is 6. The molecule has 0 bridgehead atoms. The van der Waals surface area contributed by atoms with Crippen molar-refractivity contribution < 1.29 is 14.6 Å². The molecule has 0 fully saturated rings. The van der Waals surface area contributed by atoms with E-state index in [0.29, 0.717) is 41.0 Å². The van der Waals surface area contributed by atoms with Gasteiger partial charge in [-0.2, -0.15) is 0 Å². The Morgan fingerprint density at radius 1 is 1.19 bits per heavy atom. The molecule has 0 atom stereocenters. The van der Waals surface area contributed by atoms with Crippen LogP contribution in [0.4, 0.5) is 11.5 Å². The second-order valence-electron chi connectivity index (χ2n) is 7.54. The zero-order chi connectivity index (χ0) is 22.2. The Hall–Kier alpha value is -3.62. The molecule has 1 aliphatic rings. The molecular formula is C23H20ClN5O3. The molecule has 1 aliphatic heterocycles. The molecule has 1 amide bonds. The molecule has 0 aliphatic carbocycles. The number of aromatic nitrogens is 3. The minimum atomic E-state index is -0.0155. The van der Waals surface area contributed by atoms with Gasteiger partial charge in [0.15, 0.2) is 5.82 Å². The fourth-order valence-corrected chi connectivity index (χ4v) is 4.05. The van der Waals surface area contributed by atoms with Gasteiger partial charge in [0.05, 0.1) is 17.1 Å². The van der Waals surface area contributed by atoms with Gasteiger partial charge >= 0.3 is 0 Å². The first-order chi connectivity index (χ1) is 15.5. The van der Waals surface area contributed by atoms with Gasteiger partial charge in [0, 0.05) is 37.6 Å². The van der Waals surface area contributed by atoms with Crippen molar-refractivity contribution in [2.45, 2.75) is 13.1 Å². The molecule has 0 radical (unpaired) electrons. The number of fused-ring (bicyclic) bond motifs is 2. The molecule has 2 aromatic carbocycles. The predicted octanol–water partition coefficient (Wildman–Crippen LogP) is 4.20. The second-order valence-corrected chi connectivity index (χ2v) is 7.95. The Kier molecular flexibility index (Phi) is 5.16. The summed E-state index contributed by atoms with van der Waals surface area (Å²) >= 11 is 6.48. The van der Waals surface area contributed by atoms with Gasteiger partial charge in [0.2, 0.25) is 0 Å². The van der Waals surface area contributed by atoms with E-state index in [1.807, 2.05) is 35.0 Å². The SMILES string of the molecule is CN1Cc2ccc(Oc3ccc(Nc4ncnc5ccn(CCO)c45)cc3Cl)cc2C1=O. The highest BCUT2D eigenvalue weighted by atomic mass is 35.5. The lowest BCUT2D eigenvalue weighted by Gasteiger charge is -2.12. The third-order valence-corrected chi connectivity index (χ3v) is 5.67. The standard InChI is InChI=1S/C23H20ClN5O3/c1-28-12-14-2-4-16(11-17(14)23(28)31)32-20-5-3-15(10-18(20)24)27-22-21-19(25-13-26-22)6-7-29(21)8-9-30/h2-7,10-11,13,30H,8-9,12H2,1H3,(H,25,26,27). The summed E-state index contributed by atoms with van der Waals surface area (Å²) in [4.78, 5) is 22.5. The van der Waals surface area contributed by atoms with Crippen molar-refractivity contribution in [2.24, 2.45) is 0 Å². The lowest BCUT2D eigenvalue weighted by Crippen LogP contribution is -2.17. The summed E-state index contributed by atoms with van der Waals surface area (Å²) in [6.45, 7) is 1.06. The van der Waals surface area contributed by atoms with Crippen LogP contribution in [0.5, 0.6) is 11.5 Å². The van der Waals surface area contributed by atoms with Crippen molar-refractivity contribution in [3.05, 3.63) is 71.1 Å². The Balaban J connectivity index is 1.39. The molecule has 3 heterocycles. The largest absolute Gasteiger partial charge is 0.456 e. The highest BCUT2D eigenvalue weighted by Crippen LogP contribution is 2.35. The number of carbonyl (C=O) groups is 1. The van der Waals surface area contributed by atoms with Gasteiger partial charge in [-0.15, -0.1) is 0 Å². The topological polar surface area (TPSA) is 92.5 Å². The molecule has 2 N–H and O–H groups in total. The van der Waals surface area contributed by atoms with E-state index >= 15 is 0 Å². The Bertz CT molecular complexity index is 1340. The summed E-state index contributed by atoms with van der Waals surface area (Å²) in [6.07, 6.45) is 3.35. The van der Waals surface area contributed by atoms with E-state index in [-0.39, 0.29) is 12.5 Å². The van der Waals surface area contributed by atoms with Crippen LogP contribution in [-0.2, 0) is 13.1 Å². The molecule has 0 saturated heterocycles. The van der Waals surface area contributed by atoms with Gasteiger partial charge in [-0.05, 0) is 42.0 Å². The first kappa shape index (κ1) is 20.3. The summed E-state index contributed by atoms with van der Waals surface area (Å²) in [5.74, 6) is 1.62. The zero-order valence-corrected chi connectivity index (χ0v) is 18.0. The number of aliphatic hydroxyl groups excluding tert-OH is 1. The average Bonchev–Trinajstić information content (AvgIpc) is 3.32. The van der Waals surface area contributed by atoms with E-state index in [1.165, 1.54) is 6.33 Å². The van der Waals surface area contributed by atoms with Crippen LogP contribution >= 0.6 is 11.6 Å². The van der Waals surface area contributed by atoms with Crippen LogP contribution in [0.15, 0.2) is 55.0 Å². The molecule has 0 spiro atoms. The summed E-state index contributed by atoms with van der Waals surface area (Å²) < 4.78 is 7.84. The number of hydrogen-bond donors (Lipinski definition) is 2. The number of rotatable bonds is 6. The molecular weight excluding hydrogens is 430 g/mol. The van der Waals surface area contributed by atoms with Crippen molar-refractivity contribution in [2.75, 3.05) is 19.0 Å². The molecule has 0 unspecified atom stereocenters. The van der Waals surface area contributed by atoms with Crippen molar-refractivity contribution >= 4 is 40.0 Å². The third kappa shape index (κ3) is 3.63. The van der Waals surface area contributed by atoms with E-state index < -0.39 is 0 Å². The quantitative estimate of drug-likeness (QED) is 0.458. The fourth-order valence-electron chi connectivity index (χ4n) is 3.83. The predicted molar refractivity (Wildman–Crippen MR) is 122 cm³/mol. The zero-order valence-electron chi connectivity index (χ0n) is 17.2. The highest BCUT2D eigenvalue weighted by Gasteiger charge is 2.24. The maximum atomic E-state index is 12.2. The van der Waals surface area contributed by atoms with Gasteiger partial charge in [-0.3, -0.25) is 4.79 Å². The number of aliphatic hydroxyl groups is 1. The molecule has 0 saturated carbocycles. The average molecular weight is 450 g/mol. The smallest absolute Gasteiger partial charge is 0.254 e. The van der Waals surface area contributed by atoms with Crippen LogP contribution in [0.2, 0.25) is 5.02 Å². The number of ether oxygens (including phenoxy) is 1. The lowest BCUT2D eigenvalue weighted by molar-refractivity contribution is 0.0816. The number of carbonyl (C=O) groups excluding carboxylic acids is 1. The maximum Gasteiger partial charge on any atom is 0.254 e. The van der Waals surface area contributed by atoms with E-state index in [9.17, 15) is 9.90 Å². The van der Waals surface area contributed by atoms with Crippen molar-refractivity contribution in [1.82, 2.24) is 19.4 Å². The summed E-state index contributed by atoms with van der Waals surface area (Å²) in [6, 6.07) is 12.7. The molecule has 8 nitrogen and oxygen atoms in total. The van der Waals surface area contributed by atoms with Crippen LogP contribution in [0.3, 0.4) is 0 Å². The van der Waals surface area contributed by atoms with Crippen molar-refractivity contribution in [3.8, 4) is 11.5 Å². The van der Waals surface area contributed by atoms with Gasteiger partial charge < -0.3 is 24.6 Å². The molecule has 9 heteroatoms. The van der Waals surface area contributed by atoms with Crippen molar-refractivity contribution in [1.29, 1.82) is 0 Å². The monoisotopic (exact) mass is 449 g/mol. The van der Waals surface area contributed by atoms with E-state index in [4.69, 9.17) is 16.3 Å². The van der Waals surface area contributed by atoms with Crippen LogP contribution in [0, 0.1) is 0 Å². The Morgan fingerprint density at radius 3 is 2.88 bits per heavy atom. The van der Waals surface area contributed by atoms with Crippen LogP contribution in [-0.4, -0.2) is 44.1 Å². The molecule has 5 rings (SSSR count). The second kappa shape index (κ2) is 8.14.